The quantitative estimate of drug-likeness (QED) is 0.479. The molecule has 0 aromatic heterocycles. The van der Waals surface area contributed by atoms with Gasteiger partial charge in [-0.1, -0.05) is 49.2 Å². The Labute approximate surface area is 176 Å². The normalized spacial score (nSPS) is 29.9. The van der Waals surface area contributed by atoms with Crippen molar-refractivity contribution >= 4 is 5.69 Å². The lowest BCUT2D eigenvalue weighted by atomic mass is 9.89. The van der Waals surface area contributed by atoms with Gasteiger partial charge >= 0.3 is 0 Å². The molecule has 0 amide bonds. The summed E-state index contributed by atoms with van der Waals surface area (Å²) in [6, 6.07) is 14.1. The summed E-state index contributed by atoms with van der Waals surface area (Å²) in [4.78, 5) is 0. The van der Waals surface area contributed by atoms with E-state index in [9.17, 15) is 20.4 Å². The zero-order valence-corrected chi connectivity index (χ0v) is 17.0. The molecule has 4 rings (SSSR count). The van der Waals surface area contributed by atoms with E-state index in [0.29, 0.717) is 23.6 Å². The van der Waals surface area contributed by atoms with E-state index in [1.165, 1.54) is 31.2 Å². The maximum atomic E-state index is 10.4. The van der Waals surface area contributed by atoms with Gasteiger partial charge < -0.3 is 30.9 Å². The van der Waals surface area contributed by atoms with E-state index < -0.39 is 37.1 Å². The van der Waals surface area contributed by atoms with Crippen LogP contribution in [-0.4, -0.2) is 51.4 Å². The molecular weight excluding hydrogens is 382 g/mol. The molecule has 5 atom stereocenters. The van der Waals surface area contributed by atoms with Crippen molar-refractivity contribution in [1.82, 2.24) is 0 Å². The molecule has 2 aliphatic rings. The largest absolute Gasteiger partial charge is 0.398 e. The first-order valence-electron chi connectivity index (χ1n) is 10.8. The second-order valence-electron chi connectivity index (χ2n) is 8.61. The fourth-order valence-corrected chi connectivity index (χ4v) is 4.72. The molecule has 0 radical (unpaired) electrons. The molecule has 0 bridgehead atoms. The van der Waals surface area contributed by atoms with Gasteiger partial charge in [0.05, 0.1) is 6.61 Å². The molecule has 6 nitrogen and oxygen atoms in total. The number of ether oxygens (including phenoxy) is 1. The molecule has 2 aromatic rings. The highest BCUT2D eigenvalue weighted by atomic mass is 16.5. The first-order chi connectivity index (χ1) is 14.5. The Kier molecular flexibility index (Phi) is 6.41. The first-order valence-corrected chi connectivity index (χ1v) is 10.8. The second-order valence-corrected chi connectivity index (χ2v) is 8.61. The third kappa shape index (κ3) is 4.24. The SMILES string of the molecule is Nc1ccc([C@@H]2O[C@H](CO)[C@@H](O)[C@H](O)[C@H]2O)cc1Cc1ccc(C2CCCC2)cc1. The Balaban J connectivity index is 1.53. The van der Waals surface area contributed by atoms with Gasteiger partial charge in [-0.15, -0.1) is 0 Å². The van der Waals surface area contributed by atoms with Crippen molar-refractivity contribution in [3.63, 3.8) is 0 Å². The third-order valence-electron chi connectivity index (χ3n) is 6.59. The summed E-state index contributed by atoms with van der Waals surface area (Å²) < 4.78 is 5.68. The van der Waals surface area contributed by atoms with Crippen LogP contribution >= 0.6 is 0 Å². The van der Waals surface area contributed by atoms with Gasteiger partial charge in [0.15, 0.2) is 0 Å². The van der Waals surface area contributed by atoms with E-state index in [2.05, 4.69) is 24.3 Å². The molecule has 1 saturated heterocycles. The minimum Gasteiger partial charge on any atom is -0.398 e. The van der Waals surface area contributed by atoms with Gasteiger partial charge in [-0.25, -0.2) is 0 Å². The van der Waals surface area contributed by atoms with Crippen LogP contribution in [0.3, 0.4) is 0 Å². The van der Waals surface area contributed by atoms with E-state index in [1.54, 1.807) is 12.1 Å². The number of aliphatic hydroxyl groups excluding tert-OH is 4. The number of hydrogen-bond acceptors (Lipinski definition) is 6. The predicted molar refractivity (Wildman–Crippen MR) is 114 cm³/mol. The Morgan fingerprint density at radius 1 is 0.867 bits per heavy atom. The third-order valence-corrected chi connectivity index (χ3v) is 6.59. The predicted octanol–water partition coefficient (Wildman–Crippen LogP) is 2.03. The molecule has 0 spiro atoms. The van der Waals surface area contributed by atoms with Gasteiger partial charge in [-0.3, -0.25) is 0 Å². The Morgan fingerprint density at radius 3 is 2.20 bits per heavy atom. The molecule has 2 fully saturated rings. The minimum atomic E-state index is -1.40. The van der Waals surface area contributed by atoms with Crippen molar-refractivity contribution in [1.29, 1.82) is 0 Å². The van der Waals surface area contributed by atoms with Crippen LogP contribution < -0.4 is 5.73 Å². The topological polar surface area (TPSA) is 116 Å². The van der Waals surface area contributed by atoms with Gasteiger partial charge in [0.25, 0.3) is 0 Å². The lowest BCUT2D eigenvalue weighted by Gasteiger charge is -2.40. The zero-order chi connectivity index (χ0) is 21.3. The fraction of sp³-hybridized carbons (Fsp3) is 0.500. The zero-order valence-electron chi connectivity index (χ0n) is 17.0. The highest BCUT2D eigenvalue weighted by molar-refractivity contribution is 5.51. The molecule has 0 unspecified atom stereocenters. The number of hydrogen-bond donors (Lipinski definition) is 5. The van der Waals surface area contributed by atoms with E-state index in [4.69, 9.17) is 10.5 Å². The number of anilines is 1. The molecular formula is C24H31NO5. The molecule has 6 heteroatoms. The maximum Gasteiger partial charge on any atom is 0.113 e. The summed E-state index contributed by atoms with van der Waals surface area (Å²) in [7, 11) is 0. The molecule has 162 valence electrons. The number of nitrogen functional groups attached to an aromatic ring is 1. The van der Waals surface area contributed by atoms with Crippen LogP contribution in [0.5, 0.6) is 0 Å². The van der Waals surface area contributed by atoms with Crippen LogP contribution in [0, 0.1) is 0 Å². The van der Waals surface area contributed by atoms with Crippen LogP contribution in [0.2, 0.25) is 0 Å². The molecule has 2 aromatic carbocycles. The monoisotopic (exact) mass is 413 g/mol. The lowest BCUT2D eigenvalue weighted by Crippen LogP contribution is -2.55. The number of aliphatic hydroxyl groups is 4. The van der Waals surface area contributed by atoms with E-state index in [1.807, 2.05) is 6.07 Å². The van der Waals surface area contributed by atoms with Gasteiger partial charge in [-0.2, -0.15) is 0 Å². The standard InChI is InChI=1S/C24H31NO5/c25-19-10-9-17(24-23(29)22(28)21(27)20(13-26)30-24)12-18(19)11-14-5-7-16(8-6-14)15-3-1-2-4-15/h5-10,12,15,20-24,26-29H,1-4,11,13,25H2/t20-,21-,22+,23-,24+/m1/s1. The summed E-state index contributed by atoms with van der Waals surface area (Å²) in [5.41, 5.74) is 10.9. The smallest absolute Gasteiger partial charge is 0.113 e. The summed E-state index contributed by atoms with van der Waals surface area (Å²) in [6.07, 6.45) is -0.0466. The fourth-order valence-electron chi connectivity index (χ4n) is 4.72. The summed E-state index contributed by atoms with van der Waals surface area (Å²) >= 11 is 0. The molecule has 1 aliphatic carbocycles. The summed E-state index contributed by atoms with van der Waals surface area (Å²) in [5, 5.41) is 39.9. The highest BCUT2D eigenvalue weighted by Gasteiger charge is 2.44. The van der Waals surface area contributed by atoms with Crippen molar-refractivity contribution in [3.05, 3.63) is 64.7 Å². The van der Waals surface area contributed by atoms with Crippen molar-refractivity contribution < 1.29 is 25.2 Å². The van der Waals surface area contributed by atoms with Gasteiger partial charge in [-0.05, 0) is 53.5 Å². The first kappa shape index (κ1) is 21.3. The van der Waals surface area contributed by atoms with Crippen molar-refractivity contribution in [2.45, 2.75) is 68.5 Å². The van der Waals surface area contributed by atoms with Crippen molar-refractivity contribution in [2.75, 3.05) is 12.3 Å². The Hall–Kier alpha value is -1.96. The Morgan fingerprint density at radius 2 is 1.53 bits per heavy atom. The van der Waals surface area contributed by atoms with E-state index in [0.717, 1.165) is 11.1 Å². The van der Waals surface area contributed by atoms with Crippen LogP contribution in [0.4, 0.5) is 5.69 Å². The molecule has 1 aliphatic heterocycles. The van der Waals surface area contributed by atoms with Crippen LogP contribution in [0.1, 0.15) is 60.0 Å². The molecule has 30 heavy (non-hydrogen) atoms. The van der Waals surface area contributed by atoms with E-state index in [-0.39, 0.29) is 0 Å². The average molecular weight is 414 g/mol. The lowest BCUT2D eigenvalue weighted by molar-refractivity contribution is -0.231. The van der Waals surface area contributed by atoms with Crippen molar-refractivity contribution in [2.24, 2.45) is 0 Å². The van der Waals surface area contributed by atoms with Crippen LogP contribution in [0.15, 0.2) is 42.5 Å². The van der Waals surface area contributed by atoms with Gasteiger partial charge in [0, 0.05) is 5.69 Å². The Bertz CT molecular complexity index is 847. The van der Waals surface area contributed by atoms with Crippen LogP contribution in [0.25, 0.3) is 0 Å². The van der Waals surface area contributed by atoms with E-state index >= 15 is 0 Å². The number of rotatable bonds is 5. The second kappa shape index (κ2) is 9.04. The number of nitrogens with two attached hydrogens (primary N) is 1. The summed E-state index contributed by atoms with van der Waals surface area (Å²) in [6.45, 7) is -0.448. The molecule has 1 saturated carbocycles. The van der Waals surface area contributed by atoms with Crippen molar-refractivity contribution in [3.8, 4) is 0 Å². The van der Waals surface area contributed by atoms with Gasteiger partial charge in [0.2, 0.25) is 0 Å². The van der Waals surface area contributed by atoms with Gasteiger partial charge in [0.1, 0.15) is 30.5 Å². The maximum absolute atomic E-state index is 10.4. The highest BCUT2D eigenvalue weighted by Crippen LogP contribution is 2.35. The van der Waals surface area contributed by atoms with Crippen LogP contribution in [-0.2, 0) is 11.2 Å². The molecule has 6 N–H and O–H groups in total. The summed E-state index contributed by atoms with van der Waals surface area (Å²) in [5.74, 6) is 0.679. The average Bonchev–Trinajstić information content (AvgIpc) is 3.30. The minimum absolute atomic E-state index is 0.448. The molecule has 1 heterocycles. The number of benzene rings is 2.